The van der Waals surface area contributed by atoms with E-state index in [0.29, 0.717) is 12.2 Å². The van der Waals surface area contributed by atoms with E-state index in [9.17, 15) is 4.79 Å². The maximum absolute atomic E-state index is 11.2. The van der Waals surface area contributed by atoms with Gasteiger partial charge in [0, 0.05) is 38.4 Å². The minimum atomic E-state index is -0.468. The quantitative estimate of drug-likeness (QED) is 0.505. The Morgan fingerprint density at radius 3 is 2.70 bits per heavy atom. The number of carbonyl (C=O) groups excluding carboxylic acids is 1. The first-order valence-electron chi connectivity index (χ1n) is 9.78. The van der Waals surface area contributed by atoms with E-state index in [-0.39, 0.29) is 0 Å². The van der Waals surface area contributed by atoms with Gasteiger partial charge in [-0.2, -0.15) is 0 Å². The van der Waals surface area contributed by atoms with Crippen molar-refractivity contribution in [1.29, 1.82) is 0 Å². The van der Waals surface area contributed by atoms with Crippen LogP contribution in [-0.4, -0.2) is 56.8 Å². The highest BCUT2D eigenvalue weighted by Gasteiger charge is 2.19. The molecule has 0 aromatic heterocycles. The number of guanidine groups is 1. The maximum Gasteiger partial charge on any atom is 0.411 e. The van der Waals surface area contributed by atoms with Gasteiger partial charge >= 0.3 is 6.09 Å². The van der Waals surface area contributed by atoms with Crippen molar-refractivity contribution in [2.45, 2.75) is 45.2 Å². The molecule has 0 bridgehead atoms. The second-order valence-corrected chi connectivity index (χ2v) is 6.76. The molecule has 0 spiro atoms. The zero-order valence-electron chi connectivity index (χ0n) is 16.8. The maximum atomic E-state index is 11.2. The van der Waals surface area contributed by atoms with Crippen molar-refractivity contribution in [3.05, 3.63) is 29.8 Å². The number of anilines is 1. The fraction of sp³-hybridized carbons (Fsp3) is 0.600. The third-order valence-corrected chi connectivity index (χ3v) is 4.98. The lowest BCUT2D eigenvalue weighted by atomic mass is 10.0. The van der Waals surface area contributed by atoms with Gasteiger partial charge in [-0.25, -0.2) is 4.79 Å². The van der Waals surface area contributed by atoms with Gasteiger partial charge in [-0.15, -0.1) is 0 Å². The molecule has 150 valence electrons. The average Bonchev–Trinajstić information content (AvgIpc) is 2.71. The lowest BCUT2D eigenvalue weighted by molar-refractivity contribution is 0.147. The highest BCUT2D eigenvalue weighted by atomic mass is 16.5. The summed E-state index contributed by atoms with van der Waals surface area (Å²) in [7, 11) is 3.13. The number of ether oxygens (including phenoxy) is 1. The first-order valence-corrected chi connectivity index (χ1v) is 9.78. The highest BCUT2D eigenvalue weighted by Crippen LogP contribution is 2.18. The van der Waals surface area contributed by atoms with Gasteiger partial charge in [-0.05, 0) is 43.5 Å². The van der Waals surface area contributed by atoms with Crippen molar-refractivity contribution >= 4 is 17.7 Å². The van der Waals surface area contributed by atoms with Crippen LogP contribution in [0.5, 0.6) is 0 Å². The van der Waals surface area contributed by atoms with Gasteiger partial charge in [0.1, 0.15) is 0 Å². The van der Waals surface area contributed by atoms with Crippen LogP contribution in [0.25, 0.3) is 0 Å². The predicted octanol–water partition coefficient (Wildman–Crippen LogP) is 2.79. The summed E-state index contributed by atoms with van der Waals surface area (Å²) in [6.07, 6.45) is 4.76. The van der Waals surface area contributed by atoms with Crippen molar-refractivity contribution in [2.75, 3.05) is 39.1 Å². The van der Waals surface area contributed by atoms with E-state index in [1.807, 2.05) is 24.3 Å². The standard InChI is InChI=1S/C20H33N5O2/c1-4-18-7-5-6-13-25(18)14-12-22-19(21-2)23-15-16-8-10-17(11-9-16)24-20(26)27-3/h8-11,18H,4-7,12-15H2,1-3H3,(H,24,26)(H2,21,22,23). The molecule has 1 aromatic rings. The highest BCUT2D eigenvalue weighted by molar-refractivity contribution is 5.84. The van der Waals surface area contributed by atoms with Crippen LogP contribution in [0.1, 0.15) is 38.2 Å². The summed E-state index contributed by atoms with van der Waals surface area (Å²) in [5.41, 5.74) is 1.82. The molecule has 7 nitrogen and oxygen atoms in total. The van der Waals surface area contributed by atoms with Crippen LogP contribution in [0.4, 0.5) is 10.5 Å². The summed E-state index contributed by atoms with van der Waals surface area (Å²) in [6.45, 7) is 6.09. The predicted molar refractivity (Wildman–Crippen MR) is 110 cm³/mol. The molecule has 27 heavy (non-hydrogen) atoms. The second-order valence-electron chi connectivity index (χ2n) is 6.76. The number of amides is 1. The van der Waals surface area contributed by atoms with Crippen molar-refractivity contribution in [1.82, 2.24) is 15.5 Å². The SMILES string of the molecule is CCC1CCCCN1CCNC(=NC)NCc1ccc(NC(=O)OC)cc1. The Bertz CT molecular complexity index is 603. The summed E-state index contributed by atoms with van der Waals surface area (Å²) in [5.74, 6) is 0.803. The minimum absolute atomic E-state index is 0.468. The number of benzene rings is 1. The smallest absolute Gasteiger partial charge is 0.411 e. The summed E-state index contributed by atoms with van der Waals surface area (Å²) in [4.78, 5) is 18.1. The van der Waals surface area contributed by atoms with Gasteiger partial charge in [-0.3, -0.25) is 15.2 Å². The summed E-state index contributed by atoms with van der Waals surface area (Å²) >= 11 is 0. The van der Waals surface area contributed by atoms with Gasteiger partial charge in [0.15, 0.2) is 5.96 Å². The molecule has 2 rings (SSSR count). The number of hydrogen-bond donors (Lipinski definition) is 3. The Kier molecular flexibility index (Phi) is 8.91. The number of rotatable bonds is 7. The van der Waals surface area contributed by atoms with E-state index in [0.717, 1.165) is 30.7 Å². The normalized spacial score (nSPS) is 18.0. The molecule has 1 saturated heterocycles. The molecule has 0 saturated carbocycles. The van der Waals surface area contributed by atoms with Gasteiger partial charge in [0.05, 0.1) is 7.11 Å². The Balaban J connectivity index is 1.72. The molecule has 0 radical (unpaired) electrons. The first kappa shape index (κ1) is 21.0. The van der Waals surface area contributed by atoms with Crippen molar-refractivity contribution in [3.63, 3.8) is 0 Å². The Morgan fingerprint density at radius 2 is 2.04 bits per heavy atom. The number of carbonyl (C=O) groups is 1. The van der Waals surface area contributed by atoms with Crippen LogP contribution < -0.4 is 16.0 Å². The molecular formula is C20H33N5O2. The molecule has 1 aliphatic heterocycles. The third-order valence-electron chi connectivity index (χ3n) is 4.98. The van der Waals surface area contributed by atoms with Crippen LogP contribution in [0.2, 0.25) is 0 Å². The number of likely N-dealkylation sites (tertiary alicyclic amines) is 1. The van der Waals surface area contributed by atoms with Crippen molar-refractivity contribution in [2.24, 2.45) is 4.99 Å². The van der Waals surface area contributed by atoms with Gasteiger partial charge in [0.25, 0.3) is 0 Å². The van der Waals surface area contributed by atoms with Crippen LogP contribution in [0.3, 0.4) is 0 Å². The largest absolute Gasteiger partial charge is 0.453 e. The number of nitrogens with zero attached hydrogens (tertiary/aromatic N) is 2. The van der Waals surface area contributed by atoms with E-state index in [1.54, 1.807) is 7.05 Å². The molecule has 1 aromatic carbocycles. The monoisotopic (exact) mass is 375 g/mol. The zero-order valence-corrected chi connectivity index (χ0v) is 16.8. The van der Waals surface area contributed by atoms with Crippen LogP contribution in [0.15, 0.2) is 29.3 Å². The minimum Gasteiger partial charge on any atom is -0.453 e. The second kappa shape index (κ2) is 11.4. The summed E-state index contributed by atoms with van der Waals surface area (Å²) in [5, 5.41) is 9.37. The number of hydrogen-bond acceptors (Lipinski definition) is 4. The molecule has 0 aliphatic carbocycles. The Hall–Kier alpha value is -2.28. The number of aliphatic imine (C=N–C) groups is 1. The van der Waals surface area contributed by atoms with E-state index >= 15 is 0 Å². The van der Waals surface area contributed by atoms with Crippen LogP contribution in [0, 0.1) is 0 Å². The Labute approximate surface area is 162 Å². The van der Waals surface area contributed by atoms with E-state index in [2.05, 4.69) is 37.5 Å². The number of piperidine rings is 1. The van der Waals surface area contributed by atoms with Crippen LogP contribution in [-0.2, 0) is 11.3 Å². The molecule has 1 aliphatic rings. The molecule has 1 heterocycles. The van der Waals surface area contributed by atoms with Gasteiger partial charge < -0.3 is 15.4 Å². The Morgan fingerprint density at radius 1 is 1.26 bits per heavy atom. The van der Waals surface area contributed by atoms with E-state index in [1.165, 1.54) is 39.3 Å². The van der Waals surface area contributed by atoms with E-state index < -0.39 is 6.09 Å². The van der Waals surface area contributed by atoms with Crippen molar-refractivity contribution in [3.8, 4) is 0 Å². The zero-order chi connectivity index (χ0) is 19.5. The lowest BCUT2D eigenvalue weighted by Crippen LogP contribution is -2.45. The third kappa shape index (κ3) is 7.09. The molecule has 1 atom stereocenters. The fourth-order valence-corrected chi connectivity index (χ4v) is 3.42. The van der Waals surface area contributed by atoms with Crippen molar-refractivity contribution < 1.29 is 9.53 Å². The molecular weight excluding hydrogens is 342 g/mol. The number of methoxy groups -OCH3 is 1. The summed E-state index contributed by atoms with van der Waals surface area (Å²) < 4.78 is 4.58. The van der Waals surface area contributed by atoms with Gasteiger partial charge in [-0.1, -0.05) is 25.5 Å². The fourth-order valence-electron chi connectivity index (χ4n) is 3.42. The molecule has 7 heteroatoms. The lowest BCUT2D eigenvalue weighted by Gasteiger charge is -2.35. The van der Waals surface area contributed by atoms with Crippen LogP contribution >= 0.6 is 0 Å². The summed E-state index contributed by atoms with van der Waals surface area (Å²) in [6, 6.07) is 8.36. The first-order chi connectivity index (χ1) is 13.2. The molecule has 3 N–H and O–H groups in total. The van der Waals surface area contributed by atoms with Gasteiger partial charge in [0.2, 0.25) is 0 Å². The number of nitrogens with one attached hydrogen (secondary N) is 3. The van der Waals surface area contributed by atoms with E-state index in [4.69, 9.17) is 0 Å². The topological polar surface area (TPSA) is 78.0 Å². The average molecular weight is 376 g/mol. The molecule has 1 unspecified atom stereocenters. The molecule has 1 amide bonds. The molecule has 1 fully saturated rings.